The Bertz CT molecular complexity index is 903. The number of fused-ring (bicyclic) bond motifs is 1. The summed E-state index contributed by atoms with van der Waals surface area (Å²) in [6, 6.07) is 13.9. The van der Waals surface area contributed by atoms with Gasteiger partial charge in [0.1, 0.15) is 11.3 Å². The van der Waals surface area contributed by atoms with E-state index in [1.165, 1.54) is 0 Å². The summed E-state index contributed by atoms with van der Waals surface area (Å²) in [6.45, 7) is 1.57. The minimum atomic E-state index is -0.549. The SMILES string of the molecule is Cc1cc(Cl)ccc1OCC(=O)NNC(=O)c1cc2ccccc2o1. The lowest BCUT2D eigenvalue weighted by Crippen LogP contribution is -2.43. The standard InChI is InChI=1S/C18H15ClN2O4/c1-11-8-13(19)6-7-14(11)24-10-17(22)20-21-18(23)16-9-12-4-2-3-5-15(12)25-16/h2-9H,10H2,1H3,(H,20,22)(H,21,23). The molecule has 2 aromatic carbocycles. The van der Waals surface area contributed by atoms with Crippen molar-refractivity contribution in [1.29, 1.82) is 0 Å². The van der Waals surface area contributed by atoms with Crippen LogP contribution in [0, 0.1) is 6.92 Å². The first-order valence-corrected chi connectivity index (χ1v) is 7.87. The molecule has 7 heteroatoms. The maximum atomic E-state index is 12.0. The number of amides is 2. The summed E-state index contributed by atoms with van der Waals surface area (Å²) in [6.07, 6.45) is 0. The van der Waals surface area contributed by atoms with Crippen molar-refractivity contribution in [2.45, 2.75) is 6.92 Å². The second-order valence-corrected chi connectivity index (χ2v) is 5.79. The van der Waals surface area contributed by atoms with Gasteiger partial charge in [0, 0.05) is 10.4 Å². The Morgan fingerprint density at radius 2 is 1.92 bits per heavy atom. The first-order valence-electron chi connectivity index (χ1n) is 7.49. The van der Waals surface area contributed by atoms with Crippen LogP contribution in [0.15, 0.2) is 52.9 Å². The Morgan fingerprint density at radius 3 is 2.68 bits per heavy atom. The van der Waals surface area contributed by atoms with Gasteiger partial charge in [-0.05, 0) is 42.8 Å². The monoisotopic (exact) mass is 358 g/mol. The fraction of sp³-hybridized carbons (Fsp3) is 0.111. The third-order valence-corrected chi connectivity index (χ3v) is 3.70. The Labute approximate surface area is 148 Å². The number of hydrogen-bond donors (Lipinski definition) is 2. The first-order chi connectivity index (χ1) is 12.0. The van der Waals surface area contributed by atoms with Crippen LogP contribution in [-0.2, 0) is 4.79 Å². The molecular weight excluding hydrogens is 344 g/mol. The molecule has 0 aliphatic rings. The smallest absolute Gasteiger partial charge is 0.305 e. The fourth-order valence-electron chi connectivity index (χ4n) is 2.24. The molecule has 3 rings (SSSR count). The Hall–Kier alpha value is -2.99. The maximum absolute atomic E-state index is 12.0. The van der Waals surface area contributed by atoms with Gasteiger partial charge in [0.15, 0.2) is 12.4 Å². The van der Waals surface area contributed by atoms with Gasteiger partial charge >= 0.3 is 5.91 Å². The van der Waals surface area contributed by atoms with Crippen LogP contribution >= 0.6 is 11.6 Å². The molecular formula is C18H15ClN2O4. The van der Waals surface area contributed by atoms with Crippen LogP contribution in [0.1, 0.15) is 16.1 Å². The van der Waals surface area contributed by atoms with Crippen LogP contribution in [0.2, 0.25) is 5.02 Å². The number of carbonyl (C=O) groups excluding carboxylic acids is 2. The number of rotatable bonds is 4. The van der Waals surface area contributed by atoms with E-state index in [1.54, 1.807) is 30.3 Å². The molecule has 0 unspecified atom stereocenters. The molecule has 25 heavy (non-hydrogen) atoms. The number of ether oxygens (including phenoxy) is 1. The lowest BCUT2D eigenvalue weighted by molar-refractivity contribution is -0.123. The zero-order valence-corrected chi connectivity index (χ0v) is 14.1. The van der Waals surface area contributed by atoms with Gasteiger partial charge in [0.2, 0.25) is 0 Å². The Balaban J connectivity index is 1.52. The molecule has 6 nitrogen and oxygen atoms in total. The number of nitrogens with one attached hydrogen (secondary N) is 2. The number of benzene rings is 2. The summed E-state index contributed by atoms with van der Waals surface area (Å²) in [7, 11) is 0. The van der Waals surface area contributed by atoms with E-state index in [1.807, 2.05) is 25.1 Å². The van der Waals surface area contributed by atoms with E-state index in [9.17, 15) is 9.59 Å². The number of para-hydroxylation sites is 1. The molecule has 1 aromatic heterocycles. The minimum absolute atomic E-state index is 0.107. The van der Waals surface area contributed by atoms with E-state index in [0.717, 1.165) is 10.9 Å². The van der Waals surface area contributed by atoms with Crippen molar-refractivity contribution in [3.05, 3.63) is 64.9 Å². The highest BCUT2D eigenvalue weighted by Crippen LogP contribution is 2.21. The molecule has 128 valence electrons. The average molecular weight is 359 g/mol. The highest BCUT2D eigenvalue weighted by atomic mass is 35.5. The molecule has 0 atom stereocenters. The third-order valence-electron chi connectivity index (χ3n) is 3.46. The van der Waals surface area contributed by atoms with E-state index < -0.39 is 11.8 Å². The zero-order chi connectivity index (χ0) is 17.8. The predicted molar refractivity (Wildman–Crippen MR) is 93.5 cm³/mol. The van der Waals surface area contributed by atoms with E-state index in [4.69, 9.17) is 20.8 Å². The van der Waals surface area contributed by atoms with Crippen molar-refractivity contribution in [2.24, 2.45) is 0 Å². The average Bonchev–Trinajstić information content (AvgIpc) is 3.03. The number of halogens is 1. The number of carbonyl (C=O) groups is 2. The van der Waals surface area contributed by atoms with Gasteiger partial charge in [-0.15, -0.1) is 0 Å². The van der Waals surface area contributed by atoms with E-state index in [0.29, 0.717) is 16.4 Å². The zero-order valence-electron chi connectivity index (χ0n) is 13.3. The summed E-state index contributed by atoms with van der Waals surface area (Å²) in [4.78, 5) is 23.8. The van der Waals surface area contributed by atoms with Crippen molar-refractivity contribution >= 4 is 34.4 Å². The maximum Gasteiger partial charge on any atom is 0.305 e. The molecule has 3 aromatic rings. The topological polar surface area (TPSA) is 80.6 Å². The van der Waals surface area contributed by atoms with Gasteiger partial charge in [-0.3, -0.25) is 20.4 Å². The van der Waals surface area contributed by atoms with Gasteiger partial charge in [0.25, 0.3) is 5.91 Å². The van der Waals surface area contributed by atoms with Crippen LogP contribution in [0.4, 0.5) is 0 Å². The van der Waals surface area contributed by atoms with Gasteiger partial charge in [-0.2, -0.15) is 0 Å². The first kappa shape index (κ1) is 16.9. The van der Waals surface area contributed by atoms with Crippen LogP contribution in [-0.4, -0.2) is 18.4 Å². The number of hydrogen-bond acceptors (Lipinski definition) is 4. The van der Waals surface area contributed by atoms with E-state index in [2.05, 4.69) is 10.9 Å². The van der Waals surface area contributed by atoms with Crippen molar-refractivity contribution in [3.63, 3.8) is 0 Å². The molecule has 0 saturated carbocycles. The van der Waals surface area contributed by atoms with Crippen molar-refractivity contribution in [2.75, 3.05) is 6.61 Å². The van der Waals surface area contributed by atoms with Gasteiger partial charge in [-0.25, -0.2) is 0 Å². The van der Waals surface area contributed by atoms with Crippen LogP contribution in [0.25, 0.3) is 11.0 Å². The summed E-state index contributed by atoms with van der Waals surface area (Å²) < 4.78 is 10.8. The molecule has 0 bridgehead atoms. The minimum Gasteiger partial charge on any atom is -0.483 e. The molecule has 0 aliphatic heterocycles. The van der Waals surface area contributed by atoms with Gasteiger partial charge < -0.3 is 9.15 Å². The van der Waals surface area contributed by atoms with Crippen molar-refractivity contribution in [1.82, 2.24) is 10.9 Å². The van der Waals surface area contributed by atoms with Gasteiger partial charge in [-0.1, -0.05) is 29.8 Å². The van der Waals surface area contributed by atoms with E-state index >= 15 is 0 Å². The van der Waals surface area contributed by atoms with Crippen LogP contribution < -0.4 is 15.6 Å². The molecule has 0 radical (unpaired) electrons. The predicted octanol–water partition coefficient (Wildman–Crippen LogP) is 3.23. The molecule has 0 aliphatic carbocycles. The van der Waals surface area contributed by atoms with Crippen molar-refractivity contribution in [3.8, 4) is 5.75 Å². The molecule has 2 amide bonds. The molecule has 2 N–H and O–H groups in total. The molecule has 0 fully saturated rings. The highest BCUT2D eigenvalue weighted by Gasteiger charge is 2.13. The lowest BCUT2D eigenvalue weighted by Gasteiger charge is -2.10. The Kier molecular flexibility index (Phi) is 4.90. The Morgan fingerprint density at radius 1 is 1.12 bits per heavy atom. The summed E-state index contributed by atoms with van der Waals surface area (Å²) in [5, 5.41) is 1.40. The number of furan rings is 1. The largest absolute Gasteiger partial charge is 0.483 e. The normalized spacial score (nSPS) is 10.5. The summed E-state index contributed by atoms with van der Waals surface area (Å²) in [5.74, 6) is -0.398. The lowest BCUT2D eigenvalue weighted by atomic mass is 10.2. The van der Waals surface area contributed by atoms with E-state index in [-0.39, 0.29) is 12.4 Å². The second-order valence-electron chi connectivity index (χ2n) is 5.35. The third kappa shape index (κ3) is 4.10. The second kappa shape index (κ2) is 7.27. The summed E-state index contributed by atoms with van der Waals surface area (Å²) in [5.41, 5.74) is 5.97. The van der Waals surface area contributed by atoms with Crippen LogP contribution in [0.3, 0.4) is 0 Å². The van der Waals surface area contributed by atoms with Crippen molar-refractivity contribution < 1.29 is 18.7 Å². The number of aryl methyl sites for hydroxylation is 1. The van der Waals surface area contributed by atoms with Crippen LogP contribution in [0.5, 0.6) is 5.75 Å². The number of hydrazine groups is 1. The molecule has 0 spiro atoms. The van der Waals surface area contributed by atoms with Gasteiger partial charge in [0.05, 0.1) is 0 Å². The fourth-order valence-corrected chi connectivity index (χ4v) is 2.46. The summed E-state index contributed by atoms with van der Waals surface area (Å²) >= 11 is 5.86. The molecule has 0 saturated heterocycles. The molecule has 1 heterocycles. The highest BCUT2D eigenvalue weighted by molar-refractivity contribution is 6.30. The quantitative estimate of drug-likeness (QED) is 0.702.